The summed E-state index contributed by atoms with van der Waals surface area (Å²) in [5.41, 5.74) is 0.931. The average Bonchev–Trinajstić information content (AvgIpc) is 2.55. The van der Waals surface area contributed by atoms with Crippen molar-refractivity contribution in [2.24, 2.45) is 11.8 Å². The van der Waals surface area contributed by atoms with E-state index >= 15 is 0 Å². The summed E-state index contributed by atoms with van der Waals surface area (Å²) in [5.74, 6) is -1.42. The number of carbonyl (C=O) groups is 2. The molecule has 1 aliphatic rings. The van der Waals surface area contributed by atoms with Gasteiger partial charge in [-0.05, 0) is 37.0 Å². The van der Waals surface area contributed by atoms with E-state index in [9.17, 15) is 23.1 Å². The predicted octanol–water partition coefficient (Wildman–Crippen LogP) is 1.82. The number of urea groups is 1. The minimum absolute atomic E-state index is 0.0818. The molecule has 2 amide bonds. The molecule has 1 heterocycles. The van der Waals surface area contributed by atoms with Crippen LogP contribution in [0.1, 0.15) is 18.9 Å². The quantitative estimate of drug-likeness (QED) is 0.825. The van der Waals surface area contributed by atoms with E-state index in [1.165, 1.54) is 25.1 Å². The summed E-state index contributed by atoms with van der Waals surface area (Å²) < 4.78 is 25.9. The van der Waals surface area contributed by atoms with Gasteiger partial charge in [0, 0.05) is 32.9 Å². The highest BCUT2D eigenvalue weighted by Gasteiger charge is 2.32. The van der Waals surface area contributed by atoms with E-state index in [1.807, 2.05) is 6.92 Å². The van der Waals surface area contributed by atoms with E-state index in [1.54, 1.807) is 19.1 Å². The van der Waals surface area contributed by atoms with Gasteiger partial charge in [-0.2, -0.15) is 0 Å². The molecule has 8 nitrogen and oxygen atoms in total. The molecule has 9 heteroatoms. The minimum Gasteiger partial charge on any atom is -0.481 e. The van der Waals surface area contributed by atoms with E-state index in [-0.39, 0.29) is 17.4 Å². The Balaban J connectivity index is 2.21. The van der Waals surface area contributed by atoms with Crippen molar-refractivity contribution in [1.82, 2.24) is 9.21 Å². The number of anilines is 1. The number of sulfonamides is 1. The van der Waals surface area contributed by atoms with Crippen molar-refractivity contribution < 1.29 is 23.1 Å². The third kappa shape index (κ3) is 4.34. The van der Waals surface area contributed by atoms with Crippen molar-refractivity contribution in [1.29, 1.82) is 0 Å². The zero-order chi connectivity index (χ0) is 19.6. The van der Waals surface area contributed by atoms with Crippen LogP contribution in [0.3, 0.4) is 0 Å². The number of amides is 2. The van der Waals surface area contributed by atoms with Crippen molar-refractivity contribution in [2.45, 2.75) is 25.2 Å². The van der Waals surface area contributed by atoms with Crippen LogP contribution >= 0.6 is 0 Å². The molecule has 1 aromatic carbocycles. The molecule has 1 saturated heterocycles. The van der Waals surface area contributed by atoms with Gasteiger partial charge in [0.25, 0.3) is 0 Å². The number of hydrogen-bond acceptors (Lipinski definition) is 4. The second-order valence-corrected chi connectivity index (χ2v) is 9.10. The van der Waals surface area contributed by atoms with Crippen LogP contribution in [0, 0.1) is 18.8 Å². The van der Waals surface area contributed by atoms with Crippen LogP contribution in [0.5, 0.6) is 0 Å². The van der Waals surface area contributed by atoms with Gasteiger partial charge in [0.2, 0.25) is 10.0 Å². The van der Waals surface area contributed by atoms with E-state index < -0.39 is 27.9 Å². The molecule has 2 rings (SSSR count). The molecule has 0 spiro atoms. The second-order valence-electron chi connectivity index (χ2n) is 6.98. The van der Waals surface area contributed by atoms with E-state index in [4.69, 9.17) is 0 Å². The first kappa shape index (κ1) is 20.2. The molecular formula is C17H25N3O5S. The first-order valence-electron chi connectivity index (χ1n) is 8.34. The normalized spacial score (nSPS) is 20.9. The molecule has 26 heavy (non-hydrogen) atoms. The summed E-state index contributed by atoms with van der Waals surface area (Å²) >= 11 is 0. The first-order valence-corrected chi connectivity index (χ1v) is 9.78. The molecule has 0 radical (unpaired) electrons. The number of aryl methyl sites for hydroxylation is 1. The maximum atomic E-state index is 12.5. The number of aliphatic carboxylic acids is 1. The van der Waals surface area contributed by atoms with Gasteiger partial charge in [-0.3, -0.25) is 4.79 Å². The lowest BCUT2D eigenvalue weighted by Crippen LogP contribution is -2.47. The van der Waals surface area contributed by atoms with Crippen LogP contribution in [0.15, 0.2) is 23.1 Å². The Bertz CT molecular complexity index is 807. The van der Waals surface area contributed by atoms with Crippen molar-refractivity contribution >= 4 is 27.7 Å². The Morgan fingerprint density at radius 2 is 1.92 bits per heavy atom. The predicted molar refractivity (Wildman–Crippen MR) is 97.6 cm³/mol. The molecule has 2 atom stereocenters. The third-order valence-electron chi connectivity index (χ3n) is 4.49. The third-order valence-corrected chi connectivity index (χ3v) is 6.45. The van der Waals surface area contributed by atoms with Crippen LogP contribution in [0.25, 0.3) is 0 Å². The Kier molecular flexibility index (Phi) is 5.92. The number of rotatable bonds is 4. The van der Waals surface area contributed by atoms with E-state index in [0.717, 1.165) is 4.31 Å². The largest absolute Gasteiger partial charge is 0.481 e. The number of carboxylic acids is 1. The average molecular weight is 383 g/mol. The van der Waals surface area contributed by atoms with Crippen LogP contribution in [0.4, 0.5) is 10.5 Å². The maximum Gasteiger partial charge on any atom is 0.321 e. The number of carbonyl (C=O) groups excluding carboxylic acids is 1. The van der Waals surface area contributed by atoms with Gasteiger partial charge in [-0.15, -0.1) is 0 Å². The molecule has 0 aromatic heterocycles. The van der Waals surface area contributed by atoms with E-state index in [2.05, 4.69) is 5.32 Å². The van der Waals surface area contributed by atoms with Crippen LogP contribution in [0.2, 0.25) is 0 Å². The highest BCUT2D eigenvalue weighted by atomic mass is 32.2. The summed E-state index contributed by atoms with van der Waals surface area (Å²) in [4.78, 5) is 25.4. The Morgan fingerprint density at radius 3 is 2.50 bits per heavy atom. The summed E-state index contributed by atoms with van der Waals surface area (Å²) in [6.45, 7) is 4.19. The highest BCUT2D eigenvalue weighted by Crippen LogP contribution is 2.25. The van der Waals surface area contributed by atoms with Crippen molar-refractivity contribution in [3.63, 3.8) is 0 Å². The van der Waals surface area contributed by atoms with Crippen molar-refractivity contribution in [3.05, 3.63) is 23.8 Å². The van der Waals surface area contributed by atoms with Gasteiger partial charge < -0.3 is 15.3 Å². The zero-order valence-electron chi connectivity index (χ0n) is 15.4. The monoisotopic (exact) mass is 383 g/mol. The summed E-state index contributed by atoms with van der Waals surface area (Å²) in [6.07, 6.45) is 0.537. The molecule has 1 aromatic rings. The van der Waals surface area contributed by atoms with Crippen molar-refractivity contribution in [3.8, 4) is 0 Å². The van der Waals surface area contributed by atoms with Gasteiger partial charge in [-0.25, -0.2) is 17.5 Å². The van der Waals surface area contributed by atoms with Crippen LogP contribution < -0.4 is 5.32 Å². The Labute approximate surface area is 153 Å². The lowest BCUT2D eigenvalue weighted by Gasteiger charge is -2.34. The first-order chi connectivity index (χ1) is 12.0. The SMILES string of the molecule is Cc1ccc(NC(=O)N2CC(C)CC(C(=O)O)C2)cc1S(=O)(=O)N(C)C. The van der Waals surface area contributed by atoms with Gasteiger partial charge in [0.1, 0.15) is 0 Å². The van der Waals surface area contributed by atoms with E-state index in [0.29, 0.717) is 24.2 Å². The molecule has 0 aliphatic carbocycles. The molecular weight excluding hydrogens is 358 g/mol. The molecule has 2 N–H and O–H groups in total. The molecule has 2 unspecified atom stereocenters. The summed E-state index contributed by atoms with van der Waals surface area (Å²) in [7, 11) is -0.738. The Hall–Kier alpha value is -2.13. The van der Waals surface area contributed by atoms with Gasteiger partial charge in [-0.1, -0.05) is 13.0 Å². The molecule has 0 bridgehead atoms. The lowest BCUT2D eigenvalue weighted by atomic mass is 9.91. The smallest absolute Gasteiger partial charge is 0.321 e. The number of hydrogen-bond donors (Lipinski definition) is 2. The standard InChI is InChI=1S/C17H25N3O5S/c1-11-7-13(16(21)22)10-20(9-11)17(23)18-14-6-5-12(2)15(8-14)26(24,25)19(3)4/h5-6,8,11,13H,7,9-10H2,1-4H3,(H,18,23)(H,21,22). The summed E-state index contributed by atoms with van der Waals surface area (Å²) in [6, 6.07) is 4.25. The highest BCUT2D eigenvalue weighted by molar-refractivity contribution is 7.89. The van der Waals surface area contributed by atoms with Crippen LogP contribution in [-0.4, -0.2) is 61.9 Å². The fourth-order valence-electron chi connectivity index (χ4n) is 3.05. The molecule has 0 saturated carbocycles. The van der Waals surface area contributed by atoms with Gasteiger partial charge in [0.15, 0.2) is 0 Å². The molecule has 1 fully saturated rings. The molecule has 144 valence electrons. The summed E-state index contributed by atoms with van der Waals surface area (Å²) in [5, 5.41) is 11.9. The number of likely N-dealkylation sites (tertiary alicyclic amines) is 1. The van der Waals surface area contributed by atoms with Crippen LogP contribution in [-0.2, 0) is 14.8 Å². The van der Waals surface area contributed by atoms with Crippen molar-refractivity contribution in [2.75, 3.05) is 32.5 Å². The number of carboxylic acid groups (broad SMARTS) is 1. The second kappa shape index (κ2) is 7.63. The Morgan fingerprint density at radius 1 is 1.27 bits per heavy atom. The maximum absolute atomic E-state index is 12.5. The fraction of sp³-hybridized carbons (Fsp3) is 0.529. The number of nitrogens with one attached hydrogen (secondary N) is 1. The zero-order valence-corrected chi connectivity index (χ0v) is 16.2. The van der Waals surface area contributed by atoms with Gasteiger partial charge >= 0.3 is 12.0 Å². The topological polar surface area (TPSA) is 107 Å². The number of nitrogens with zero attached hydrogens (tertiary/aromatic N) is 2. The van der Waals surface area contributed by atoms with Gasteiger partial charge in [0.05, 0.1) is 10.8 Å². The minimum atomic E-state index is -3.63. The number of benzene rings is 1. The number of piperidine rings is 1. The lowest BCUT2D eigenvalue weighted by molar-refractivity contribution is -0.143. The fourth-order valence-corrected chi connectivity index (χ4v) is 4.20. The molecule has 1 aliphatic heterocycles.